The summed E-state index contributed by atoms with van der Waals surface area (Å²) in [7, 11) is 0. The normalized spacial score (nSPS) is 12.9. The van der Waals surface area contributed by atoms with Gasteiger partial charge < -0.3 is 20.6 Å². The third-order valence-electron chi connectivity index (χ3n) is 3.43. The van der Waals surface area contributed by atoms with Gasteiger partial charge in [0, 0.05) is 17.8 Å². The molecule has 2 aromatic rings. The summed E-state index contributed by atoms with van der Waals surface area (Å²) in [6.07, 6.45) is 0. The Labute approximate surface area is 124 Å². The number of amides is 2. The number of rotatable bonds is 3. The van der Waals surface area contributed by atoms with Crippen LogP contribution in [0.25, 0.3) is 0 Å². The summed E-state index contributed by atoms with van der Waals surface area (Å²) in [5.41, 5.74) is 1.56. The molecule has 22 heavy (non-hydrogen) atoms. The van der Waals surface area contributed by atoms with Crippen LogP contribution in [0.1, 0.15) is 26.3 Å². The SMILES string of the molecule is O=C1NC(=O)c2cc(NCc3ccc(O)c(O)c3O)ccc21. The molecular weight excluding hydrogens is 288 g/mol. The first-order valence-corrected chi connectivity index (χ1v) is 6.43. The van der Waals surface area contributed by atoms with Gasteiger partial charge in [-0.05, 0) is 30.3 Å². The Morgan fingerprint density at radius 3 is 2.41 bits per heavy atom. The number of carbonyl (C=O) groups excluding carboxylic acids is 2. The van der Waals surface area contributed by atoms with E-state index in [0.29, 0.717) is 16.8 Å². The van der Waals surface area contributed by atoms with Gasteiger partial charge in [0.1, 0.15) is 0 Å². The summed E-state index contributed by atoms with van der Waals surface area (Å²) < 4.78 is 0. The first-order chi connectivity index (χ1) is 10.5. The van der Waals surface area contributed by atoms with Crippen molar-refractivity contribution in [3.05, 3.63) is 47.0 Å². The molecule has 112 valence electrons. The fourth-order valence-corrected chi connectivity index (χ4v) is 2.23. The van der Waals surface area contributed by atoms with Gasteiger partial charge in [0.15, 0.2) is 11.5 Å². The van der Waals surface area contributed by atoms with Gasteiger partial charge in [-0.2, -0.15) is 0 Å². The number of phenols is 3. The predicted octanol–water partition coefficient (Wildman–Crippen LogP) is 1.30. The number of imide groups is 1. The molecule has 0 aromatic heterocycles. The second kappa shape index (κ2) is 4.96. The molecule has 2 aromatic carbocycles. The second-order valence-corrected chi connectivity index (χ2v) is 4.84. The molecule has 0 bridgehead atoms. The quantitative estimate of drug-likeness (QED) is 0.430. The van der Waals surface area contributed by atoms with Gasteiger partial charge in [-0.25, -0.2) is 0 Å². The third-order valence-corrected chi connectivity index (χ3v) is 3.43. The Bertz CT molecular complexity index is 801. The monoisotopic (exact) mass is 300 g/mol. The van der Waals surface area contributed by atoms with Crippen LogP contribution < -0.4 is 10.6 Å². The van der Waals surface area contributed by atoms with E-state index < -0.39 is 29.1 Å². The van der Waals surface area contributed by atoms with E-state index in [4.69, 9.17) is 0 Å². The lowest BCUT2D eigenvalue weighted by Crippen LogP contribution is -2.19. The van der Waals surface area contributed by atoms with Crippen LogP contribution in [0.5, 0.6) is 17.2 Å². The maximum Gasteiger partial charge on any atom is 0.259 e. The van der Waals surface area contributed by atoms with E-state index >= 15 is 0 Å². The number of hydrogen-bond acceptors (Lipinski definition) is 6. The van der Waals surface area contributed by atoms with Gasteiger partial charge in [0.2, 0.25) is 5.75 Å². The van der Waals surface area contributed by atoms with E-state index in [-0.39, 0.29) is 12.1 Å². The highest BCUT2D eigenvalue weighted by molar-refractivity contribution is 6.21. The summed E-state index contributed by atoms with van der Waals surface area (Å²) >= 11 is 0. The fraction of sp³-hybridized carbons (Fsp3) is 0.0667. The van der Waals surface area contributed by atoms with E-state index in [2.05, 4.69) is 10.6 Å². The molecule has 2 amide bonds. The van der Waals surface area contributed by atoms with Crippen molar-refractivity contribution in [2.24, 2.45) is 0 Å². The molecule has 7 heteroatoms. The predicted molar refractivity (Wildman–Crippen MR) is 77.0 cm³/mol. The largest absolute Gasteiger partial charge is 0.504 e. The highest BCUT2D eigenvalue weighted by Crippen LogP contribution is 2.37. The maximum atomic E-state index is 11.6. The van der Waals surface area contributed by atoms with Gasteiger partial charge in [0.25, 0.3) is 11.8 Å². The van der Waals surface area contributed by atoms with Crippen molar-refractivity contribution in [1.82, 2.24) is 5.32 Å². The molecule has 0 spiro atoms. The highest BCUT2D eigenvalue weighted by atomic mass is 16.3. The van der Waals surface area contributed by atoms with E-state index in [9.17, 15) is 24.9 Å². The van der Waals surface area contributed by atoms with Crippen molar-refractivity contribution in [3.8, 4) is 17.2 Å². The van der Waals surface area contributed by atoms with Gasteiger partial charge in [0.05, 0.1) is 11.1 Å². The number of anilines is 1. The molecule has 7 nitrogen and oxygen atoms in total. The maximum absolute atomic E-state index is 11.6. The summed E-state index contributed by atoms with van der Waals surface area (Å²) in [5, 5.41) is 33.6. The van der Waals surface area contributed by atoms with Crippen molar-refractivity contribution in [3.63, 3.8) is 0 Å². The average Bonchev–Trinajstić information content (AvgIpc) is 2.79. The summed E-state index contributed by atoms with van der Waals surface area (Å²) in [6.45, 7) is 0.161. The van der Waals surface area contributed by atoms with E-state index in [1.165, 1.54) is 24.3 Å². The molecule has 3 rings (SSSR count). The van der Waals surface area contributed by atoms with Crippen LogP contribution in [-0.4, -0.2) is 27.1 Å². The number of phenolic OH excluding ortho intramolecular Hbond substituents is 3. The zero-order valence-corrected chi connectivity index (χ0v) is 11.3. The number of fused-ring (bicyclic) bond motifs is 1. The first-order valence-electron chi connectivity index (χ1n) is 6.43. The van der Waals surface area contributed by atoms with Crippen molar-refractivity contribution in [1.29, 1.82) is 0 Å². The van der Waals surface area contributed by atoms with Gasteiger partial charge in [-0.3, -0.25) is 14.9 Å². The first kappa shape index (κ1) is 13.7. The number of hydrogen-bond donors (Lipinski definition) is 5. The molecular formula is C15H12N2O5. The van der Waals surface area contributed by atoms with Crippen molar-refractivity contribution in [2.45, 2.75) is 6.54 Å². The molecule has 0 atom stereocenters. The zero-order valence-electron chi connectivity index (χ0n) is 11.3. The van der Waals surface area contributed by atoms with Crippen LogP contribution in [0.3, 0.4) is 0 Å². The van der Waals surface area contributed by atoms with Crippen molar-refractivity contribution < 1.29 is 24.9 Å². The van der Waals surface area contributed by atoms with Crippen LogP contribution in [-0.2, 0) is 6.54 Å². The van der Waals surface area contributed by atoms with Crippen LogP contribution in [0.15, 0.2) is 30.3 Å². The Kier molecular flexibility index (Phi) is 3.10. The Morgan fingerprint density at radius 2 is 1.64 bits per heavy atom. The Balaban J connectivity index is 1.81. The van der Waals surface area contributed by atoms with Crippen molar-refractivity contribution >= 4 is 17.5 Å². The fourth-order valence-electron chi connectivity index (χ4n) is 2.23. The lowest BCUT2D eigenvalue weighted by molar-refractivity contribution is 0.0879. The minimum Gasteiger partial charge on any atom is -0.504 e. The topological polar surface area (TPSA) is 119 Å². The highest BCUT2D eigenvalue weighted by Gasteiger charge is 2.26. The van der Waals surface area contributed by atoms with E-state index in [1.807, 2.05) is 0 Å². The smallest absolute Gasteiger partial charge is 0.259 e. The molecule has 5 N–H and O–H groups in total. The Hall–Kier alpha value is -3.22. The van der Waals surface area contributed by atoms with Crippen molar-refractivity contribution in [2.75, 3.05) is 5.32 Å². The van der Waals surface area contributed by atoms with E-state index in [0.717, 1.165) is 0 Å². The molecule has 0 saturated carbocycles. The second-order valence-electron chi connectivity index (χ2n) is 4.84. The molecule has 0 saturated heterocycles. The van der Waals surface area contributed by atoms with Crippen LogP contribution in [0, 0.1) is 0 Å². The Morgan fingerprint density at radius 1 is 0.909 bits per heavy atom. The van der Waals surface area contributed by atoms with Gasteiger partial charge in [-0.1, -0.05) is 0 Å². The van der Waals surface area contributed by atoms with Gasteiger partial charge >= 0.3 is 0 Å². The molecule has 0 fully saturated rings. The van der Waals surface area contributed by atoms with E-state index in [1.54, 1.807) is 6.07 Å². The summed E-state index contributed by atoms with van der Waals surface area (Å²) in [4.78, 5) is 23.0. The standard InChI is InChI=1S/C15H12N2O5/c18-11-4-1-7(12(19)13(11)20)6-16-8-2-3-9-10(5-8)15(22)17-14(9)21/h1-5,16,18-20H,6H2,(H,17,21,22). The minimum absolute atomic E-state index is 0.161. The molecule has 1 aliphatic heterocycles. The lowest BCUT2D eigenvalue weighted by atomic mass is 10.1. The summed E-state index contributed by atoms with van der Waals surface area (Å²) in [6, 6.07) is 7.43. The number of benzene rings is 2. The number of carbonyl (C=O) groups is 2. The molecule has 1 aliphatic rings. The molecule has 1 heterocycles. The van der Waals surface area contributed by atoms with Crippen LogP contribution in [0.2, 0.25) is 0 Å². The van der Waals surface area contributed by atoms with Crippen LogP contribution >= 0.6 is 0 Å². The summed E-state index contributed by atoms with van der Waals surface area (Å²) in [5.74, 6) is -2.28. The van der Waals surface area contributed by atoms with Gasteiger partial charge in [-0.15, -0.1) is 0 Å². The minimum atomic E-state index is -0.585. The number of aromatic hydroxyl groups is 3. The zero-order chi connectivity index (χ0) is 15.9. The van der Waals surface area contributed by atoms with Crippen LogP contribution in [0.4, 0.5) is 5.69 Å². The molecule has 0 aliphatic carbocycles. The number of nitrogens with one attached hydrogen (secondary N) is 2. The third kappa shape index (κ3) is 2.18. The lowest BCUT2D eigenvalue weighted by Gasteiger charge is -2.10. The molecule has 0 unspecified atom stereocenters. The average molecular weight is 300 g/mol. The molecule has 0 radical (unpaired) electrons.